The van der Waals surface area contributed by atoms with Gasteiger partial charge < -0.3 is 10.6 Å². The van der Waals surface area contributed by atoms with Crippen LogP contribution in [-0.4, -0.2) is 38.1 Å². The molecular formula is C16H27N3. The van der Waals surface area contributed by atoms with Crippen LogP contribution >= 0.6 is 0 Å². The molecule has 0 aromatic heterocycles. The van der Waals surface area contributed by atoms with Crippen molar-refractivity contribution in [2.75, 3.05) is 33.2 Å². The van der Waals surface area contributed by atoms with Gasteiger partial charge in [-0.3, -0.25) is 4.90 Å². The summed E-state index contributed by atoms with van der Waals surface area (Å²) in [6.45, 7) is 8.93. The van der Waals surface area contributed by atoms with Crippen molar-refractivity contribution in [3.05, 3.63) is 35.4 Å². The molecule has 2 unspecified atom stereocenters. The Morgan fingerprint density at radius 1 is 1.16 bits per heavy atom. The van der Waals surface area contributed by atoms with Gasteiger partial charge in [-0.05, 0) is 30.5 Å². The highest BCUT2D eigenvalue weighted by molar-refractivity contribution is 5.27. The summed E-state index contributed by atoms with van der Waals surface area (Å²) in [4.78, 5) is 2.51. The molecule has 1 fully saturated rings. The summed E-state index contributed by atoms with van der Waals surface area (Å²) in [5, 5.41) is 6.86. The maximum absolute atomic E-state index is 3.45. The van der Waals surface area contributed by atoms with E-state index in [2.05, 4.69) is 60.7 Å². The average molecular weight is 261 g/mol. The van der Waals surface area contributed by atoms with Crippen LogP contribution in [0.25, 0.3) is 0 Å². The molecular weight excluding hydrogens is 234 g/mol. The number of piperazine rings is 1. The number of rotatable bonds is 5. The second-order valence-corrected chi connectivity index (χ2v) is 5.45. The first-order chi connectivity index (χ1) is 9.26. The van der Waals surface area contributed by atoms with Crippen LogP contribution in [0.15, 0.2) is 24.3 Å². The monoisotopic (exact) mass is 261 g/mol. The van der Waals surface area contributed by atoms with Crippen LogP contribution in [0.3, 0.4) is 0 Å². The second-order valence-electron chi connectivity index (χ2n) is 5.45. The van der Waals surface area contributed by atoms with E-state index in [1.54, 1.807) is 0 Å². The van der Waals surface area contributed by atoms with Crippen LogP contribution in [0.1, 0.15) is 43.5 Å². The van der Waals surface area contributed by atoms with E-state index in [0.29, 0.717) is 12.1 Å². The van der Waals surface area contributed by atoms with Gasteiger partial charge in [-0.15, -0.1) is 0 Å². The summed E-state index contributed by atoms with van der Waals surface area (Å²) in [7, 11) is 2.05. The lowest BCUT2D eigenvalue weighted by Gasteiger charge is -2.35. The van der Waals surface area contributed by atoms with Gasteiger partial charge in [0, 0.05) is 26.2 Å². The molecule has 1 aromatic rings. The molecule has 106 valence electrons. The second kappa shape index (κ2) is 7.04. The Balaban J connectivity index is 2.09. The minimum Gasteiger partial charge on any atom is -0.314 e. The molecule has 0 amide bonds. The Morgan fingerprint density at radius 3 is 2.26 bits per heavy atom. The minimum atomic E-state index is 0.341. The maximum Gasteiger partial charge on any atom is 0.0859 e. The first-order valence-electron chi connectivity index (χ1n) is 7.48. The third kappa shape index (κ3) is 3.56. The number of nitrogens with one attached hydrogen (secondary N) is 2. The molecule has 0 bridgehead atoms. The van der Waals surface area contributed by atoms with Crippen molar-refractivity contribution in [2.24, 2.45) is 0 Å². The van der Waals surface area contributed by atoms with Crippen LogP contribution in [0.5, 0.6) is 0 Å². The van der Waals surface area contributed by atoms with E-state index in [1.165, 1.54) is 17.5 Å². The number of hydrogen-bond acceptors (Lipinski definition) is 3. The first kappa shape index (κ1) is 14.5. The standard InChI is InChI=1S/C16H27N3/c1-4-13(2)14-5-7-15(8-6-14)16(17-3)19-11-9-18-10-12-19/h5-8,13,16-18H,4,9-12H2,1-3H3. The van der Waals surface area contributed by atoms with Crippen LogP contribution in [-0.2, 0) is 0 Å². The van der Waals surface area contributed by atoms with E-state index in [9.17, 15) is 0 Å². The van der Waals surface area contributed by atoms with Crippen molar-refractivity contribution in [2.45, 2.75) is 32.4 Å². The smallest absolute Gasteiger partial charge is 0.0859 e. The number of benzene rings is 1. The van der Waals surface area contributed by atoms with Crippen molar-refractivity contribution in [1.29, 1.82) is 0 Å². The summed E-state index contributed by atoms with van der Waals surface area (Å²) in [6.07, 6.45) is 1.54. The van der Waals surface area contributed by atoms with E-state index in [-0.39, 0.29) is 0 Å². The maximum atomic E-state index is 3.45. The fourth-order valence-electron chi connectivity index (χ4n) is 2.74. The van der Waals surface area contributed by atoms with Crippen LogP contribution in [0, 0.1) is 0 Å². The van der Waals surface area contributed by atoms with E-state index in [0.717, 1.165) is 26.2 Å². The quantitative estimate of drug-likeness (QED) is 0.852. The van der Waals surface area contributed by atoms with Crippen molar-refractivity contribution in [1.82, 2.24) is 15.5 Å². The lowest BCUT2D eigenvalue weighted by atomic mass is 9.97. The van der Waals surface area contributed by atoms with E-state index >= 15 is 0 Å². The molecule has 2 rings (SSSR count). The van der Waals surface area contributed by atoms with Gasteiger partial charge in [0.1, 0.15) is 0 Å². The fraction of sp³-hybridized carbons (Fsp3) is 0.625. The molecule has 0 radical (unpaired) electrons. The van der Waals surface area contributed by atoms with Gasteiger partial charge in [-0.2, -0.15) is 0 Å². The largest absolute Gasteiger partial charge is 0.314 e. The number of nitrogens with zero attached hydrogens (tertiary/aromatic N) is 1. The van der Waals surface area contributed by atoms with Crippen LogP contribution in [0.2, 0.25) is 0 Å². The highest BCUT2D eigenvalue weighted by Gasteiger charge is 2.20. The van der Waals surface area contributed by atoms with E-state index in [1.807, 2.05) is 0 Å². The average Bonchev–Trinajstić information content (AvgIpc) is 2.49. The van der Waals surface area contributed by atoms with Crippen LogP contribution in [0.4, 0.5) is 0 Å². The first-order valence-corrected chi connectivity index (χ1v) is 7.48. The zero-order valence-electron chi connectivity index (χ0n) is 12.4. The lowest BCUT2D eigenvalue weighted by Crippen LogP contribution is -2.48. The van der Waals surface area contributed by atoms with Gasteiger partial charge in [0.25, 0.3) is 0 Å². The molecule has 1 aliphatic heterocycles. The minimum absolute atomic E-state index is 0.341. The van der Waals surface area contributed by atoms with Gasteiger partial charge in [-0.1, -0.05) is 38.1 Å². The molecule has 2 N–H and O–H groups in total. The van der Waals surface area contributed by atoms with Gasteiger partial charge in [0.15, 0.2) is 0 Å². The van der Waals surface area contributed by atoms with Crippen molar-refractivity contribution < 1.29 is 0 Å². The Bertz CT molecular complexity index is 368. The molecule has 3 heteroatoms. The lowest BCUT2D eigenvalue weighted by molar-refractivity contribution is 0.153. The van der Waals surface area contributed by atoms with E-state index in [4.69, 9.17) is 0 Å². The summed E-state index contributed by atoms with van der Waals surface area (Å²) in [6, 6.07) is 9.14. The summed E-state index contributed by atoms with van der Waals surface area (Å²) in [5.41, 5.74) is 2.82. The molecule has 3 nitrogen and oxygen atoms in total. The van der Waals surface area contributed by atoms with Gasteiger partial charge in [0.2, 0.25) is 0 Å². The normalized spacial score (nSPS) is 20.2. The highest BCUT2D eigenvalue weighted by Crippen LogP contribution is 2.23. The van der Waals surface area contributed by atoms with Gasteiger partial charge in [-0.25, -0.2) is 0 Å². The summed E-state index contributed by atoms with van der Waals surface area (Å²) >= 11 is 0. The zero-order valence-corrected chi connectivity index (χ0v) is 12.4. The Morgan fingerprint density at radius 2 is 1.74 bits per heavy atom. The molecule has 0 spiro atoms. The van der Waals surface area contributed by atoms with Crippen molar-refractivity contribution in [3.63, 3.8) is 0 Å². The Hall–Kier alpha value is -0.900. The van der Waals surface area contributed by atoms with E-state index < -0.39 is 0 Å². The molecule has 19 heavy (non-hydrogen) atoms. The van der Waals surface area contributed by atoms with Crippen LogP contribution < -0.4 is 10.6 Å². The molecule has 1 heterocycles. The highest BCUT2D eigenvalue weighted by atomic mass is 15.3. The molecule has 0 aliphatic carbocycles. The molecule has 1 aromatic carbocycles. The Labute approximate surface area is 117 Å². The molecule has 2 atom stereocenters. The fourth-order valence-corrected chi connectivity index (χ4v) is 2.74. The van der Waals surface area contributed by atoms with Gasteiger partial charge in [0.05, 0.1) is 6.17 Å². The molecule has 1 saturated heterocycles. The van der Waals surface area contributed by atoms with Gasteiger partial charge >= 0.3 is 0 Å². The molecule has 1 aliphatic rings. The third-order valence-corrected chi connectivity index (χ3v) is 4.22. The predicted octanol–water partition coefficient (Wildman–Crippen LogP) is 2.32. The zero-order chi connectivity index (χ0) is 13.7. The molecule has 0 saturated carbocycles. The Kier molecular flexibility index (Phi) is 5.37. The predicted molar refractivity (Wildman–Crippen MR) is 81.4 cm³/mol. The SMILES string of the molecule is CCC(C)c1ccc(C(NC)N2CCNCC2)cc1. The van der Waals surface area contributed by atoms with Crippen molar-refractivity contribution in [3.8, 4) is 0 Å². The summed E-state index contributed by atoms with van der Waals surface area (Å²) < 4.78 is 0. The topological polar surface area (TPSA) is 27.3 Å². The third-order valence-electron chi connectivity index (χ3n) is 4.22. The van der Waals surface area contributed by atoms with Crippen molar-refractivity contribution >= 4 is 0 Å². The number of hydrogen-bond donors (Lipinski definition) is 2. The summed E-state index contributed by atoms with van der Waals surface area (Å²) in [5.74, 6) is 0.654.